The molecular weight excluding hydrogens is 533 g/mol. The Balaban J connectivity index is 1.79. The van der Waals surface area contributed by atoms with Gasteiger partial charge in [0.2, 0.25) is 0 Å². The van der Waals surface area contributed by atoms with Crippen LogP contribution in [0.25, 0.3) is 6.08 Å². The summed E-state index contributed by atoms with van der Waals surface area (Å²) in [6, 6.07) is 36.9. The molecule has 0 bridgehead atoms. The van der Waals surface area contributed by atoms with Gasteiger partial charge in [-0.1, -0.05) is 161 Å². The van der Waals surface area contributed by atoms with Crippen molar-refractivity contribution < 1.29 is 9.90 Å². The van der Waals surface area contributed by atoms with E-state index in [4.69, 9.17) is 4.74 Å². The van der Waals surface area contributed by atoms with Gasteiger partial charge in [0.15, 0.2) is 0 Å². The van der Waals surface area contributed by atoms with E-state index in [-0.39, 0.29) is 5.70 Å². The molecule has 0 spiro atoms. The maximum absolute atomic E-state index is 12.7. The third kappa shape index (κ3) is 7.87. The van der Waals surface area contributed by atoms with Crippen molar-refractivity contribution in [2.75, 3.05) is 0 Å². The minimum atomic E-state index is -2.67. The second-order valence-corrected chi connectivity index (χ2v) is 13.6. The van der Waals surface area contributed by atoms with Crippen LogP contribution in [-0.4, -0.2) is 11.1 Å². The summed E-state index contributed by atoms with van der Waals surface area (Å²) in [7, 11) is -2.67. The van der Waals surface area contributed by atoms with E-state index in [0.29, 0.717) is 0 Å². The van der Waals surface area contributed by atoms with E-state index in [0.717, 1.165) is 40.7 Å². The van der Waals surface area contributed by atoms with E-state index in [1.165, 1.54) is 36.8 Å². The quantitative estimate of drug-likeness (QED) is 0.0706. The van der Waals surface area contributed by atoms with Crippen LogP contribution in [0.2, 0.25) is 0 Å². The summed E-state index contributed by atoms with van der Waals surface area (Å²) in [6.45, 7) is 4.46. The average Bonchev–Trinajstić information content (AvgIpc) is 3.03. The third-order valence-electron chi connectivity index (χ3n) is 7.46. The van der Waals surface area contributed by atoms with Crippen LogP contribution in [-0.2, 0) is 17.6 Å². The molecule has 0 heterocycles. The fraction of sp³-hybridized carbons (Fsp3) is 0.237. The van der Waals surface area contributed by atoms with Gasteiger partial charge in [0.25, 0.3) is 0 Å². The third-order valence-corrected chi connectivity index (χ3v) is 11.1. The molecule has 3 nitrogen and oxygen atoms in total. The van der Waals surface area contributed by atoms with Gasteiger partial charge >= 0.3 is 5.97 Å². The standard InChI is InChI=1S/C38H42NO2P/c1-3-5-6-10-20-32-29-28-31(30-33(32)18-4-2)19-17-27-37(38(40)41)39-42(34-21-11-7-12-22-34,35-23-13-8-14-24-35)36-25-15-9-16-26-36/h7-9,11-17,19,21-30H,3-6,10,18,20H2,1-2H3,(H,40,41). The predicted molar refractivity (Wildman–Crippen MR) is 181 cm³/mol. The van der Waals surface area contributed by atoms with Crippen LogP contribution in [0.4, 0.5) is 0 Å². The monoisotopic (exact) mass is 575 g/mol. The molecule has 4 rings (SSSR count). The first kappa shape index (κ1) is 31.0. The van der Waals surface area contributed by atoms with Gasteiger partial charge in [-0.15, -0.1) is 0 Å². The first-order chi connectivity index (χ1) is 20.6. The molecule has 0 aromatic heterocycles. The molecule has 0 radical (unpaired) electrons. The zero-order valence-electron chi connectivity index (χ0n) is 24.8. The lowest BCUT2D eigenvalue weighted by Crippen LogP contribution is -2.25. The first-order valence-corrected chi connectivity index (χ1v) is 16.8. The maximum atomic E-state index is 12.7. The van der Waals surface area contributed by atoms with E-state index < -0.39 is 13.0 Å². The zero-order valence-corrected chi connectivity index (χ0v) is 25.7. The highest BCUT2D eigenvalue weighted by Gasteiger charge is 2.28. The van der Waals surface area contributed by atoms with Crippen molar-refractivity contribution in [3.63, 3.8) is 0 Å². The molecule has 0 fully saturated rings. The van der Waals surface area contributed by atoms with Gasteiger partial charge in [-0.05, 0) is 42.0 Å². The molecule has 0 saturated heterocycles. The van der Waals surface area contributed by atoms with Crippen LogP contribution >= 0.6 is 7.05 Å². The summed E-state index contributed by atoms with van der Waals surface area (Å²) >= 11 is 0. The summed E-state index contributed by atoms with van der Waals surface area (Å²) < 4.78 is 5.18. The van der Waals surface area contributed by atoms with Gasteiger partial charge in [-0.3, -0.25) is 0 Å². The van der Waals surface area contributed by atoms with Crippen LogP contribution in [0.5, 0.6) is 0 Å². The maximum Gasteiger partial charge on any atom is 0.354 e. The number of nitrogens with zero attached hydrogens (tertiary/aromatic N) is 1. The second-order valence-electron chi connectivity index (χ2n) is 10.5. The summed E-state index contributed by atoms with van der Waals surface area (Å²) in [4.78, 5) is 12.7. The number of hydrogen-bond donors (Lipinski definition) is 1. The Hall–Kier alpha value is -3.94. The van der Waals surface area contributed by atoms with E-state index >= 15 is 0 Å². The number of allylic oxidation sites excluding steroid dienone is 2. The average molecular weight is 576 g/mol. The Labute approximate surface area is 251 Å². The Morgan fingerprint density at radius 1 is 0.690 bits per heavy atom. The molecule has 0 aliphatic heterocycles. The molecule has 0 saturated carbocycles. The number of aryl methyl sites for hydroxylation is 2. The van der Waals surface area contributed by atoms with Gasteiger partial charge in [-0.25, -0.2) is 9.54 Å². The predicted octanol–water partition coefficient (Wildman–Crippen LogP) is 8.92. The summed E-state index contributed by atoms with van der Waals surface area (Å²) in [6.07, 6.45) is 13.8. The lowest BCUT2D eigenvalue weighted by Gasteiger charge is -2.27. The molecule has 42 heavy (non-hydrogen) atoms. The molecule has 216 valence electrons. The molecule has 4 aromatic rings. The summed E-state index contributed by atoms with van der Waals surface area (Å²) in [5.41, 5.74) is 3.94. The number of aliphatic carboxylic acids is 1. The fourth-order valence-corrected chi connectivity index (χ4v) is 8.88. The normalized spacial score (nSPS) is 12.0. The van der Waals surface area contributed by atoms with Gasteiger partial charge < -0.3 is 5.11 Å². The van der Waals surface area contributed by atoms with E-state index in [2.05, 4.69) is 68.4 Å². The highest BCUT2D eigenvalue weighted by Crippen LogP contribution is 2.47. The molecule has 4 aromatic carbocycles. The summed E-state index contributed by atoms with van der Waals surface area (Å²) in [5.74, 6) is -1.04. The van der Waals surface area contributed by atoms with Crippen LogP contribution < -0.4 is 15.9 Å². The van der Waals surface area contributed by atoms with Gasteiger partial charge in [-0.2, -0.15) is 0 Å². The van der Waals surface area contributed by atoms with Crippen molar-refractivity contribution in [3.8, 4) is 0 Å². The Morgan fingerprint density at radius 2 is 1.26 bits per heavy atom. The number of unbranched alkanes of at least 4 members (excludes halogenated alkanes) is 3. The van der Waals surface area contributed by atoms with Gasteiger partial charge in [0.1, 0.15) is 5.70 Å². The van der Waals surface area contributed by atoms with Crippen LogP contribution in [0.15, 0.2) is 132 Å². The highest BCUT2D eigenvalue weighted by atomic mass is 31.2. The van der Waals surface area contributed by atoms with Gasteiger partial charge in [0.05, 0.1) is 7.05 Å². The molecule has 1 N–H and O–H groups in total. The number of hydrogen-bond acceptors (Lipinski definition) is 2. The van der Waals surface area contributed by atoms with Crippen molar-refractivity contribution in [1.29, 1.82) is 0 Å². The van der Waals surface area contributed by atoms with Crippen molar-refractivity contribution in [3.05, 3.63) is 144 Å². The largest absolute Gasteiger partial charge is 0.477 e. The lowest BCUT2D eigenvalue weighted by molar-refractivity contribution is -0.132. The summed E-state index contributed by atoms with van der Waals surface area (Å²) in [5, 5.41) is 13.4. The van der Waals surface area contributed by atoms with E-state index in [9.17, 15) is 9.90 Å². The minimum Gasteiger partial charge on any atom is -0.477 e. The van der Waals surface area contributed by atoms with Crippen molar-refractivity contribution >= 4 is 35.0 Å². The van der Waals surface area contributed by atoms with Crippen molar-refractivity contribution in [2.45, 2.75) is 58.8 Å². The second kappa shape index (κ2) is 15.9. The zero-order chi connectivity index (χ0) is 29.6. The Bertz CT molecular complexity index is 1440. The first-order valence-electron chi connectivity index (χ1n) is 15.1. The Kier molecular flexibility index (Phi) is 11.7. The van der Waals surface area contributed by atoms with Crippen LogP contribution in [0, 0.1) is 0 Å². The SMILES string of the molecule is CCCCCCc1ccc(C=CC=C(N=P(c2ccccc2)(c2ccccc2)c2ccccc2)C(=O)O)cc1CCC. The molecule has 0 amide bonds. The van der Waals surface area contributed by atoms with Crippen molar-refractivity contribution in [2.24, 2.45) is 4.74 Å². The minimum absolute atomic E-state index is 0.0393. The van der Waals surface area contributed by atoms with Crippen LogP contribution in [0.1, 0.15) is 62.6 Å². The number of rotatable bonds is 14. The molecule has 0 unspecified atom stereocenters. The molecule has 0 aliphatic rings. The lowest BCUT2D eigenvalue weighted by atomic mass is 9.96. The molecule has 0 aliphatic carbocycles. The smallest absolute Gasteiger partial charge is 0.354 e. The molecule has 4 heteroatoms. The fourth-order valence-electron chi connectivity index (χ4n) is 5.35. The van der Waals surface area contributed by atoms with E-state index in [1.54, 1.807) is 6.08 Å². The van der Waals surface area contributed by atoms with Crippen molar-refractivity contribution in [1.82, 2.24) is 0 Å². The van der Waals surface area contributed by atoms with Crippen LogP contribution in [0.3, 0.4) is 0 Å². The Morgan fingerprint density at radius 3 is 1.76 bits per heavy atom. The topological polar surface area (TPSA) is 49.7 Å². The number of carboxylic acid groups (broad SMARTS) is 1. The van der Waals surface area contributed by atoms with Gasteiger partial charge in [0, 0.05) is 15.9 Å². The number of benzene rings is 4. The highest BCUT2D eigenvalue weighted by molar-refractivity contribution is 7.87. The molecule has 0 atom stereocenters. The van der Waals surface area contributed by atoms with E-state index in [1.807, 2.05) is 66.7 Å². The number of carboxylic acids is 1. The number of carbonyl (C=O) groups is 1. The molecular formula is C38H42NO2P.